The van der Waals surface area contributed by atoms with Gasteiger partial charge in [-0.1, -0.05) is 12.1 Å². The van der Waals surface area contributed by atoms with E-state index in [1.54, 1.807) is 33.1 Å². The molecule has 22 heavy (non-hydrogen) atoms. The number of carbonyl (C=O) groups excluding carboxylic acids is 1. The van der Waals surface area contributed by atoms with Crippen LogP contribution < -0.4 is 10.6 Å². The molecule has 2 N–H and O–H groups in total. The van der Waals surface area contributed by atoms with E-state index in [1.807, 2.05) is 0 Å². The summed E-state index contributed by atoms with van der Waals surface area (Å²) in [6.07, 6.45) is 0. The van der Waals surface area contributed by atoms with Crippen molar-refractivity contribution in [2.45, 2.75) is 24.0 Å². The third kappa shape index (κ3) is 5.08. The smallest absolute Gasteiger partial charge is 0.252 e. The van der Waals surface area contributed by atoms with E-state index < -0.39 is 15.1 Å². The molecule has 0 spiro atoms. The van der Waals surface area contributed by atoms with Crippen LogP contribution in [0.25, 0.3) is 0 Å². The van der Waals surface area contributed by atoms with Crippen molar-refractivity contribution in [2.75, 3.05) is 33.4 Å². The summed E-state index contributed by atoms with van der Waals surface area (Å²) < 4.78 is 29.5. The van der Waals surface area contributed by atoms with Crippen molar-refractivity contribution in [3.05, 3.63) is 29.8 Å². The third-order valence-corrected chi connectivity index (χ3v) is 5.34. The number of hydrogen-bond acceptors (Lipinski definition) is 5. The molecule has 1 amide bonds. The summed E-state index contributed by atoms with van der Waals surface area (Å²) >= 11 is 0. The maximum Gasteiger partial charge on any atom is 0.252 e. The van der Waals surface area contributed by atoms with E-state index in [2.05, 4.69) is 10.6 Å². The van der Waals surface area contributed by atoms with Crippen LogP contribution in [0, 0.1) is 0 Å². The van der Waals surface area contributed by atoms with Crippen molar-refractivity contribution in [3.63, 3.8) is 0 Å². The molecule has 0 bridgehead atoms. The van der Waals surface area contributed by atoms with Gasteiger partial charge in [0, 0.05) is 26.7 Å². The highest BCUT2D eigenvalue weighted by Gasteiger charge is 2.24. The van der Waals surface area contributed by atoms with Gasteiger partial charge in [0.25, 0.3) is 5.91 Å². The van der Waals surface area contributed by atoms with Crippen molar-refractivity contribution < 1.29 is 17.9 Å². The molecule has 0 aromatic heterocycles. The fourth-order valence-corrected chi connectivity index (χ4v) is 3.06. The molecular formula is C15H24N2O4S. The molecule has 0 aliphatic rings. The summed E-state index contributed by atoms with van der Waals surface area (Å²) in [6.45, 7) is 5.51. The lowest BCUT2D eigenvalue weighted by Crippen LogP contribution is -2.34. The van der Waals surface area contributed by atoms with E-state index in [-0.39, 0.29) is 16.4 Å². The first-order chi connectivity index (χ1) is 10.4. The number of sulfone groups is 1. The lowest BCUT2D eigenvalue weighted by atomic mass is 10.2. The van der Waals surface area contributed by atoms with Gasteiger partial charge >= 0.3 is 0 Å². The summed E-state index contributed by atoms with van der Waals surface area (Å²) in [6, 6.07) is 6.29. The van der Waals surface area contributed by atoms with Gasteiger partial charge in [-0.2, -0.15) is 0 Å². The van der Waals surface area contributed by atoms with Crippen LogP contribution in [0.5, 0.6) is 0 Å². The summed E-state index contributed by atoms with van der Waals surface area (Å²) in [5.74, 6) is -0.381. The summed E-state index contributed by atoms with van der Waals surface area (Å²) in [7, 11) is -1.87. The quantitative estimate of drug-likeness (QED) is 0.656. The molecule has 0 saturated carbocycles. The molecule has 1 aromatic rings. The van der Waals surface area contributed by atoms with Crippen molar-refractivity contribution in [2.24, 2.45) is 0 Å². The molecule has 0 aliphatic carbocycles. The summed E-state index contributed by atoms with van der Waals surface area (Å²) in [4.78, 5) is 12.3. The second-order valence-corrected chi connectivity index (χ2v) is 7.56. The highest BCUT2D eigenvalue weighted by Crippen LogP contribution is 2.20. The van der Waals surface area contributed by atoms with Gasteiger partial charge in [0.1, 0.15) is 0 Å². The van der Waals surface area contributed by atoms with Gasteiger partial charge in [-0.25, -0.2) is 8.42 Å². The van der Waals surface area contributed by atoms with Crippen LogP contribution in [0.3, 0.4) is 0 Å². The molecule has 124 valence electrons. The lowest BCUT2D eigenvalue weighted by molar-refractivity contribution is 0.0950. The third-order valence-electron chi connectivity index (χ3n) is 3.13. The van der Waals surface area contributed by atoms with Crippen LogP contribution in [0.15, 0.2) is 29.2 Å². The van der Waals surface area contributed by atoms with E-state index in [9.17, 15) is 13.2 Å². The number of ether oxygens (including phenoxy) is 1. The molecule has 0 saturated heterocycles. The van der Waals surface area contributed by atoms with Gasteiger partial charge in [0.05, 0.1) is 22.3 Å². The Morgan fingerprint density at radius 2 is 1.86 bits per heavy atom. The Labute approximate surface area is 132 Å². The Hall–Kier alpha value is -1.44. The summed E-state index contributed by atoms with van der Waals surface area (Å²) in [5, 5.41) is 5.25. The first kappa shape index (κ1) is 18.6. The molecule has 6 nitrogen and oxygen atoms in total. The largest absolute Gasteiger partial charge is 0.383 e. The van der Waals surface area contributed by atoms with Gasteiger partial charge < -0.3 is 15.4 Å². The molecule has 1 aromatic carbocycles. The van der Waals surface area contributed by atoms with Crippen molar-refractivity contribution in [1.82, 2.24) is 10.6 Å². The van der Waals surface area contributed by atoms with Crippen LogP contribution in [-0.2, 0) is 14.6 Å². The SMILES string of the molecule is COCCNCCNC(=O)c1ccccc1S(=O)(=O)C(C)C. The highest BCUT2D eigenvalue weighted by molar-refractivity contribution is 7.92. The molecule has 0 radical (unpaired) electrons. The molecule has 0 atom stereocenters. The Kier molecular flexibility index (Phi) is 7.50. The maximum absolute atomic E-state index is 12.3. The fraction of sp³-hybridized carbons (Fsp3) is 0.533. The Balaban J connectivity index is 2.71. The standard InChI is InChI=1S/C15H24N2O4S/c1-12(2)22(19,20)14-7-5-4-6-13(14)15(18)17-9-8-16-10-11-21-3/h4-7,12,16H,8-11H2,1-3H3,(H,17,18). The average Bonchev–Trinajstić information content (AvgIpc) is 2.50. The number of benzene rings is 1. The Morgan fingerprint density at radius 3 is 2.50 bits per heavy atom. The van der Waals surface area contributed by atoms with Crippen LogP contribution >= 0.6 is 0 Å². The fourth-order valence-electron chi connectivity index (χ4n) is 1.82. The monoisotopic (exact) mass is 328 g/mol. The summed E-state index contributed by atoms with van der Waals surface area (Å²) in [5.41, 5.74) is 0.188. The molecule has 0 heterocycles. The van der Waals surface area contributed by atoms with Crippen molar-refractivity contribution in [1.29, 1.82) is 0 Å². The zero-order valence-electron chi connectivity index (χ0n) is 13.3. The minimum atomic E-state index is -3.49. The van der Waals surface area contributed by atoms with Crippen LogP contribution in [0.4, 0.5) is 0 Å². The first-order valence-corrected chi connectivity index (χ1v) is 8.76. The van der Waals surface area contributed by atoms with E-state index in [0.717, 1.165) is 0 Å². The van der Waals surface area contributed by atoms with Gasteiger partial charge in [0.2, 0.25) is 0 Å². The minimum absolute atomic E-state index is 0.0786. The number of nitrogens with one attached hydrogen (secondary N) is 2. The van der Waals surface area contributed by atoms with Gasteiger partial charge in [-0.05, 0) is 26.0 Å². The van der Waals surface area contributed by atoms with Crippen molar-refractivity contribution >= 4 is 15.7 Å². The molecule has 7 heteroatoms. The zero-order chi connectivity index (χ0) is 16.6. The average molecular weight is 328 g/mol. The normalized spacial score (nSPS) is 11.6. The zero-order valence-corrected chi connectivity index (χ0v) is 14.1. The number of amides is 1. The predicted molar refractivity (Wildman–Crippen MR) is 85.8 cm³/mol. The number of methoxy groups -OCH3 is 1. The Bertz CT molecular complexity index is 585. The molecule has 0 aliphatic heterocycles. The molecule has 1 rings (SSSR count). The van der Waals surface area contributed by atoms with E-state index >= 15 is 0 Å². The number of carbonyl (C=O) groups is 1. The van der Waals surface area contributed by atoms with Gasteiger partial charge in [-0.3, -0.25) is 4.79 Å². The van der Waals surface area contributed by atoms with Gasteiger partial charge in [0.15, 0.2) is 9.84 Å². The molecule has 0 unspecified atom stereocenters. The van der Waals surface area contributed by atoms with Gasteiger partial charge in [-0.15, -0.1) is 0 Å². The van der Waals surface area contributed by atoms with E-state index in [4.69, 9.17) is 4.74 Å². The van der Waals surface area contributed by atoms with Crippen LogP contribution in [0.2, 0.25) is 0 Å². The predicted octanol–water partition coefficient (Wildman–Crippen LogP) is 0.835. The topological polar surface area (TPSA) is 84.5 Å². The van der Waals surface area contributed by atoms with Crippen LogP contribution in [0.1, 0.15) is 24.2 Å². The lowest BCUT2D eigenvalue weighted by Gasteiger charge is -2.13. The number of hydrogen-bond donors (Lipinski definition) is 2. The second kappa shape index (κ2) is 8.87. The first-order valence-electron chi connectivity index (χ1n) is 7.22. The number of rotatable bonds is 9. The van der Waals surface area contributed by atoms with E-state index in [1.165, 1.54) is 12.1 Å². The van der Waals surface area contributed by atoms with Crippen LogP contribution in [-0.4, -0.2) is 52.9 Å². The molecular weight excluding hydrogens is 304 g/mol. The minimum Gasteiger partial charge on any atom is -0.383 e. The van der Waals surface area contributed by atoms with Crippen molar-refractivity contribution in [3.8, 4) is 0 Å². The highest BCUT2D eigenvalue weighted by atomic mass is 32.2. The second-order valence-electron chi connectivity index (χ2n) is 5.09. The maximum atomic E-state index is 12.3. The van der Waals surface area contributed by atoms with E-state index in [0.29, 0.717) is 26.2 Å². The molecule has 0 fully saturated rings. The Morgan fingerprint density at radius 1 is 1.18 bits per heavy atom.